The van der Waals surface area contributed by atoms with Gasteiger partial charge in [0.15, 0.2) is 23.7 Å². The van der Waals surface area contributed by atoms with Gasteiger partial charge in [-0.2, -0.15) is 10.1 Å². The minimum Gasteiger partial charge on any atom is -0.337 e. The molecule has 1 aromatic heterocycles. The van der Waals surface area contributed by atoms with Crippen LogP contribution in [0.4, 0.5) is 14.5 Å². The quantitative estimate of drug-likeness (QED) is 0.572. The highest BCUT2D eigenvalue weighted by Gasteiger charge is 2.55. The Morgan fingerprint density at radius 2 is 1.81 bits per heavy atom. The van der Waals surface area contributed by atoms with Gasteiger partial charge < -0.3 is 4.52 Å². The molecule has 1 fully saturated rings. The lowest BCUT2D eigenvalue weighted by atomic mass is 10.1. The lowest BCUT2D eigenvalue weighted by molar-refractivity contribution is -0.123. The summed E-state index contributed by atoms with van der Waals surface area (Å²) >= 11 is 5.87. The molecule has 3 heterocycles. The first-order valence-corrected chi connectivity index (χ1v) is 9.39. The summed E-state index contributed by atoms with van der Waals surface area (Å²) in [4.78, 5) is 30.6. The van der Waals surface area contributed by atoms with Crippen LogP contribution in [-0.4, -0.2) is 39.0 Å². The number of aromatic nitrogens is 2. The number of amides is 2. The smallest absolute Gasteiger partial charge is 0.263 e. The Morgan fingerprint density at radius 3 is 2.55 bits per heavy atom. The van der Waals surface area contributed by atoms with Crippen LogP contribution in [0.15, 0.2) is 57.3 Å². The highest BCUT2D eigenvalue weighted by atomic mass is 35.5. The van der Waals surface area contributed by atoms with Gasteiger partial charge in [-0.1, -0.05) is 22.0 Å². The number of hydrogen-bond acceptors (Lipinski definition) is 8. The lowest BCUT2D eigenvalue weighted by Gasteiger charge is -2.19. The van der Waals surface area contributed by atoms with Crippen molar-refractivity contribution in [2.24, 2.45) is 10.3 Å². The summed E-state index contributed by atoms with van der Waals surface area (Å²) in [5, 5.41) is 13.4. The van der Waals surface area contributed by atoms with Crippen LogP contribution in [-0.2, 0) is 16.1 Å². The number of fused-ring (bicyclic) bond motifs is 1. The number of hydrogen-bond donors (Lipinski definition) is 0. The number of carbonyl (C=O) groups is 2. The molecule has 31 heavy (non-hydrogen) atoms. The van der Waals surface area contributed by atoms with Crippen molar-refractivity contribution in [1.82, 2.24) is 15.1 Å². The van der Waals surface area contributed by atoms with Crippen LogP contribution in [0.1, 0.15) is 5.89 Å². The van der Waals surface area contributed by atoms with Gasteiger partial charge in [0.25, 0.3) is 11.8 Å². The highest BCUT2D eigenvalue weighted by Crippen LogP contribution is 2.33. The summed E-state index contributed by atoms with van der Waals surface area (Å²) in [6.07, 6.45) is 0. The topological polar surface area (TPSA) is 104 Å². The first-order chi connectivity index (χ1) is 14.9. The molecule has 2 aliphatic rings. The number of imide groups is 1. The van der Waals surface area contributed by atoms with Crippen molar-refractivity contribution in [1.29, 1.82) is 0 Å². The molecule has 9 nitrogen and oxygen atoms in total. The van der Waals surface area contributed by atoms with Crippen molar-refractivity contribution in [2.75, 3.05) is 4.90 Å². The largest absolute Gasteiger partial charge is 0.337 e. The Balaban J connectivity index is 1.36. The van der Waals surface area contributed by atoms with Crippen LogP contribution in [0.3, 0.4) is 0 Å². The third kappa shape index (κ3) is 3.22. The molecule has 0 spiro atoms. The average molecular weight is 445 g/mol. The van der Waals surface area contributed by atoms with Crippen LogP contribution >= 0.6 is 11.6 Å². The molecule has 2 aliphatic heterocycles. The van der Waals surface area contributed by atoms with E-state index in [1.807, 2.05) is 0 Å². The van der Waals surface area contributed by atoms with Crippen LogP contribution in [0.25, 0.3) is 11.4 Å². The third-order valence-corrected chi connectivity index (χ3v) is 5.14. The second-order valence-corrected chi connectivity index (χ2v) is 7.26. The van der Waals surface area contributed by atoms with E-state index >= 15 is 0 Å². The molecule has 0 bridgehead atoms. The fraction of sp³-hybridized carbons (Fsp3) is 0.158. The Morgan fingerprint density at radius 1 is 1.03 bits per heavy atom. The van der Waals surface area contributed by atoms with Crippen molar-refractivity contribution in [3.8, 4) is 11.4 Å². The maximum atomic E-state index is 13.6. The molecule has 0 unspecified atom stereocenters. The normalized spacial score (nSPS) is 20.1. The molecule has 12 heteroatoms. The Hall–Kier alpha value is -3.73. The molecule has 2 atom stereocenters. The van der Waals surface area contributed by atoms with Crippen molar-refractivity contribution in [2.45, 2.75) is 18.6 Å². The zero-order valence-electron chi connectivity index (χ0n) is 15.4. The number of carbonyl (C=O) groups excluding carboxylic acids is 2. The van der Waals surface area contributed by atoms with Gasteiger partial charge in [-0.05, 0) is 36.4 Å². The first-order valence-electron chi connectivity index (χ1n) is 9.01. The summed E-state index contributed by atoms with van der Waals surface area (Å²) in [5.41, 5.74) is 0.596. The van der Waals surface area contributed by atoms with Crippen LogP contribution in [0, 0.1) is 11.6 Å². The van der Waals surface area contributed by atoms with Gasteiger partial charge in [-0.15, -0.1) is 0 Å². The molecular weight excluding hydrogens is 434 g/mol. The van der Waals surface area contributed by atoms with Crippen molar-refractivity contribution >= 4 is 29.1 Å². The summed E-state index contributed by atoms with van der Waals surface area (Å²) in [7, 11) is 0. The number of halogens is 3. The molecule has 156 valence electrons. The maximum Gasteiger partial charge on any atom is 0.263 e. The summed E-state index contributed by atoms with van der Waals surface area (Å²) in [6, 6.07) is 7.44. The van der Waals surface area contributed by atoms with E-state index in [1.165, 1.54) is 5.01 Å². The van der Waals surface area contributed by atoms with E-state index < -0.39 is 35.5 Å². The van der Waals surface area contributed by atoms with Gasteiger partial charge in [-0.25, -0.2) is 13.7 Å². The number of nitrogens with zero attached hydrogens (tertiary/aromatic N) is 6. The fourth-order valence-corrected chi connectivity index (χ4v) is 3.53. The molecular formula is C19H11ClF2N6O3. The highest BCUT2D eigenvalue weighted by molar-refractivity contribution is 6.30. The number of benzene rings is 2. The lowest BCUT2D eigenvalue weighted by Crippen LogP contribution is -2.39. The standard InChI is InChI=1S/C19H11ClF2N6O3/c20-10-3-1-9(2-4-10)17-23-14(31-25-17)8-27-16-15(24-26-27)18(29)28(19(16)30)11-5-6-12(21)13(22)7-11/h1-7,15-16H,8H2/t15-,16+/m1/s1. The van der Waals surface area contributed by atoms with Crippen LogP contribution < -0.4 is 4.90 Å². The Labute approximate surface area is 177 Å². The van der Waals surface area contributed by atoms with E-state index in [0.717, 1.165) is 23.1 Å². The van der Waals surface area contributed by atoms with Gasteiger partial charge in [-0.3, -0.25) is 14.6 Å². The monoisotopic (exact) mass is 444 g/mol. The molecule has 0 N–H and O–H groups in total. The number of anilines is 1. The molecule has 0 saturated carbocycles. The molecule has 1 saturated heterocycles. The SMILES string of the molecule is O=C1[C@@H]2[C@@H](N=NN2Cc2nc(-c3ccc(Cl)cc3)no2)C(=O)N1c1ccc(F)c(F)c1. The van der Waals surface area contributed by atoms with E-state index in [-0.39, 0.29) is 18.1 Å². The predicted molar refractivity (Wildman–Crippen MR) is 102 cm³/mol. The molecule has 2 amide bonds. The van der Waals surface area contributed by atoms with E-state index in [9.17, 15) is 18.4 Å². The van der Waals surface area contributed by atoms with Gasteiger partial charge in [0.05, 0.1) is 5.69 Å². The number of rotatable bonds is 4. The fourth-order valence-electron chi connectivity index (χ4n) is 3.41. The summed E-state index contributed by atoms with van der Waals surface area (Å²) in [6.45, 7) is -0.0735. The van der Waals surface area contributed by atoms with Crippen molar-refractivity contribution in [3.63, 3.8) is 0 Å². The summed E-state index contributed by atoms with van der Waals surface area (Å²) in [5.74, 6) is -3.14. The van der Waals surface area contributed by atoms with Gasteiger partial charge in [0.1, 0.15) is 6.54 Å². The minimum atomic E-state index is -1.17. The van der Waals surface area contributed by atoms with E-state index in [2.05, 4.69) is 20.5 Å². The predicted octanol–water partition coefficient (Wildman–Crippen LogP) is 3.16. The second kappa shape index (κ2) is 7.20. The zero-order valence-corrected chi connectivity index (χ0v) is 16.2. The van der Waals surface area contributed by atoms with Crippen molar-refractivity contribution in [3.05, 3.63) is 65.0 Å². The van der Waals surface area contributed by atoms with Gasteiger partial charge >= 0.3 is 0 Å². The van der Waals surface area contributed by atoms with Crippen molar-refractivity contribution < 1.29 is 22.9 Å². The molecule has 0 aliphatic carbocycles. The molecule has 0 radical (unpaired) electrons. The maximum absolute atomic E-state index is 13.6. The van der Waals surface area contributed by atoms with Gasteiger partial charge in [0.2, 0.25) is 11.7 Å². The first kappa shape index (κ1) is 19.2. The summed E-state index contributed by atoms with van der Waals surface area (Å²) < 4.78 is 32.0. The molecule has 5 rings (SSSR count). The van der Waals surface area contributed by atoms with Crippen LogP contribution in [0.5, 0.6) is 0 Å². The van der Waals surface area contributed by atoms with Crippen LogP contribution in [0.2, 0.25) is 5.02 Å². The molecule has 3 aromatic rings. The molecule has 2 aromatic carbocycles. The van der Waals surface area contributed by atoms with E-state index in [4.69, 9.17) is 16.1 Å². The third-order valence-electron chi connectivity index (χ3n) is 4.89. The Bertz CT molecular complexity index is 1230. The Kier molecular flexibility index (Phi) is 4.47. The minimum absolute atomic E-state index is 0.0735. The van der Waals surface area contributed by atoms with E-state index in [0.29, 0.717) is 16.4 Å². The second-order valence-electron chi connectivity index (χ2n) is 6.82. The zero-order chi connectivity index (χ0) is 21.7. The van der Waals surface area contributed by atoms with E-state index in [1.54, 1.807) is 24.3 Å². The average Bonchev–Trinajstić information content (AvgIpc) is 3.44. The van der Waals surface area contributed by atoms with Gasteiger partial charge in [0, 0.05) is 16.7 Å².